The van der Waals surface area contributed by atoms with Crippen molar-refractivity contribution in [1.82, 2.24) is 25.5 Å². The van der Waals surface area contributed by atoms with Crippen LogP contribution in [0.3, 0.4) is 0 Å². The van der Waals surface area contributed by atoms with E-state index in [1.54, 1.807) is 0 Å². The number of rotatable bonds is 8. The van der Waals surface area contributed by atoms with Crippen LogP contribution in [0.1, 0.15) is 18.9 Å². The van der Waals surface area contributed by atoms with Crippen LogP contribution >= 0.6 is 0 Å². The molecular formula is C15H18F3N5O2. The van der Waals surface area contributed by atoms with Gasteiger partial charge in [-0.1, -0.05) is 12.1 Å². The number of aromatic nitrogens is 4. The molecule has 0 radical (unpaired) electrons. The molecule has 1 aromatic heterocycles. The summed E-state index contributed by atoms with van der Waals surface area (Å²) < 4.78 is 43.3. The maximum atomic E-state index is 12.7. The number of nitrogens with one attached hydrogen (secondary N) is 1. The highest BCUT2D eigenvalue weighted by Gasteiger charge is 2.30. The molecule has 0 aliphatic heterocycles. The van der Waals surface area contributed by atoms with E-state index in [-0.39, 0.29) is 23.8 Å². The van der Waals surface area contributed by atoms with Crippen LogP contribution in [-0.4, -0.2) is 45.9 Å². The molecule has 1 aromatic carbocycles. The normalized spacial score (nSPS) is 11.5. The van der Waals surface area contributed by atoms with Gasteiger partial charge in [0.2, 0.25) is 11.7 Å². The van der Waals surface area contributed by atoms with Gasteiger partial charge in [0.25, 0.3) is 0 Å². The molecule has 0 aliphatic carbocycles. The lowest BCUT2D eigenvalue weighted by molar-refractivity contribution is -0.137. The summed E-state index contributed by atoms with van der Waals surface area (Å²) in [6.45, 7) is 3.35. The molecule has 0 spiro atoms. The second-order valence-electron chi connectivity index (χ2n) is 5.12. The molecule has 2 rings (SSSR count). The molecule has 1 amide bonds. The molecule has 0 saturated carbocycles. The van der Waals surface area contributed by atoms with Crippen molar-refractivity contribution in [2.45, 2.75) is 26.1 Å². The maximum absolute atomic E-state index is 12.7. The van der Waals surface area contributed by atoms with Gasteiger partial charge >= 0.3 is 6.18 Å². The Labute approximate surface area is 142 Å². The Morgan fingerprint density at radius 2 is 2.16 bits per heavy atom. The van der Waals surface area contributed by atoms with Gasteiger partial charge in [0, 0.05) is 25.3 Å². The smallest absolute Gasteiger partial charge is 0.382 e. The van der Waals surface area contributed by atoms with Gasteiger partial charge in [-0.25, -0.2) is 0 Å². The standard InChI is InChI=1S/C15H18F3N5O2/c1-2-25-8-4-7-19-13(24)10-23-21-14(20-22-23)11-5-3-6-12(9-11)15(16,17)18/h3,5-6,9H,2,4,7-8,10H2,1H3,(H,19,24). The largest absolute Gasteiger partial charge is 0.416 e. The summed E-state index contributed by atoms with van der Waals surface area (Å²) in [6, 6.07) is 4.62. The van der Waals surface area contributed by atoms with E-state index >= 15 is 0 Å². The zero-order valence-corrected chi connectivity index (χ0v) is 13.6. The first kappa shape index (κ1) is 18.8. The van der Waals surface area contributed by atoms with Gasteiger partial charge in [-0.3, -0.25) is 4.79 Å². The van der Waals surface area contributed by atoms with E-state index in [0.717, 1.165) is 16.9 Å². The molecule has 0 aliphatic rings. The monoisotopic (exact) mass is 357 g/mol. The topological polar surface area (TPSA) is 81.9 Å². The van der Waals surface area contributed by atoms with E-state index in [1.165, 1.54) is 12.1 Å². The fourth-order valence-electron chi connectivity index (χ4n) is 1.99. The summed E-state index contributed by atoms with van der Waals surface area (Å²) in [5.74, 6) is -0.292. The van der Waals surface area contributed by atoms with E-state index in [1.807, 2.05) is 6.92 Å². The van der Waals surface area contributed by atoms with E-state index in [4.69, 9.17) is 4.74 Å². The van der Waals surface area contributed by atoms with Crippen molar-refractivity contribution in [1.29, 1.82) is 0 Å². The Bertz CT molecular complexity index is 702. The molecule has 7 nitrogen and oxygen atoms in total. The van der Waals surface area contributed by atoms with Crippen molar-refractivity contribution in [3.05, 3.63) is 29.8 Å². The van der Waals surface area contributed by atoms with Crippen LogP contribution in [-0.2, 0) is 22.3 Å². The molecule has 25 heavy (non-hydrogen) atoms. The maximum Gasteiger partial charge on any atom is 0.416 e. The van der Waals surface area contributed by atoms with Gasteiger partial charge in [0.05, 0.1) is 5.56 Å². The highest BCUT2D eigenvalue weighted by atomic mass is 19.4. The number of hydrogen-bond donors (Lipinski definition) is 1. The first-order valence-corrected chi connectivity index (χ1v) is 7.70. The van der Waals surface area contributed by atoms with Crippen LogP contribution in [0.4, 0.5) is 13.2 Å². The van der Waals surface area contributed by atoms with E-state index in [0.29, 0.717) is 26.2 Å². The molecule has 0 saturated heterocycles. The summed E-state index contributed by atoms with van der Waals surface area (Å²) in [4.78, 5) is 12.8. The number of carbonyl (C=O) groups excluding carboxylic acids is 1. The highest BCUT2D eigenvalue weighted by Crippen LogP contribution is 2.31. The third kappa shape index (κ3) is 5.82. The minimum absolute atomic E-state index is 0.0234. The van der Waals surface area contributed by atoms with Crippen LogP contribution < -0.4 is 5.32 Å². The Morgan fingerprint density at radius 1 is 1.36 bits per heavy atom. The molecule has 1 heterocycles. The van der Waals surface area contributed by atoms with Gasteiger partial charge in [0.15, 0.2) is 0 Å². The average Bonchev–Trinajstić information content (AvgIpc) is 3.02. The molecule has 136 valence electrons. The number of carbonyl (C=O) groups is 1. The highest BCUT2D eigenvalue weighted by molar-refractivity contribution is 5.75. The number of ether oxygens (including phenoxy) is 1. The summed E-state index contributed by atoms with van der Waals surface area (Å²) in [5.41, 5.74) is -0.619. The van der Waals surface area contributed by atoms with Gasteiger partial charge < -0.3 is 10.1 Å². The lowest BCUT2D eigenvalue weighted by atomic mass is 10.1. The molecule has 10 heteroatoms. The molecule has 0 unspecified atom stereocenters. The van der Waals surface area contributed by atoms with E-state index < -0.39 is 11.7 Å². The fraction of sp³-hybridized carbons (Fsp3) is 0.467. The Hall–Kier alpha value is -2.49. The number of amides is 1. The number of nitrogens with zero attached hydrogens (tertiary/aromatic N) is 4. The zero-order chi connectivity index (χ0) is 18.3. The number of alkyl halides is 3. The second-order valence-corrected chi connectivity index (χ2v) is 5.12. The predicted octanol–water partition coefficient (Wildman–Crippen LogP) is 1.90. The minimum Gasteiger partial charge on any atom is -0.382 e. The van der Waals surface area contributed by atoms with Crippen molar-refractivity contribution in [2.75, 3.05) is 19.8 Å². The number of tetrazole rings is 1. The summed E-state index contributed by atoms with van der Waals surface area (Å²) in [5, 5.41) is 14.0. The second kappa shape index (κ2) is 8.56. The summed E-state index contributed by atoms with van der Waals surface area (Å²) in [6.07, 6.45) is -3.77. The van der Waals surface area contributed by atoms with Gasteiger partial charge in [-0.05, 0) is 30.7 Å². The minimum atomic E-state index is -4.45. The van der Waals surface area contributed by atoms with Gasteiger partial charge in [-0.2, -0.15) is 18.0 Å². The van der Waals surface area contributed by atoms with Gasteiger partial charge in [-0.15, -0.1) is 10.2 Å². The molecule has 0 fully saturated rings. The Kier molecular flexibility index (Phi) is 6.45. The van der Waals surface area contributed by atoms with Crippen LogP contribution in [0.2, 0.25) is 0 Å². The molecule has 1 N–H and O–H groups in total. The molecule has 0 atom stereocenters. The summed E-state index contributed by atoms with van der Waals surface area (Å²) >= 11 is 0. The van der Waals surface area contributed by atoms with E-state index in [9.17, 15) is 18.0 Å². The van der Waals surface area contributed by atoms with Gasteiger partial charge in [0.1, 0.15) is 6.54 Å². The lowest BCUT2D eigenvalue weighted by Crippen LogP contribution is -2.29. The summed E-state index contributed by atoms with van der Waals surface area (Å²) in [7, 11) is 0. The van der Waals surface area contributed by atoms with E-state index in [2.05, 4.69) is 20.7 Å². The van der Waals surface area contributed by atoms with Crippen molar-refractivity contribution < 1.29 is 22.7 Å². The number of benzene rings is 1. The predicted molar refractivity (Wildman–Crippen MR) is 82.4 cm³/mol. The quantitative estimate of drug-likeness (QED) is 0.730. The Balaban J connectivity index is 1.93. The number of halogens is 3. The third-order valence-corrected chi connectivity index (χ3v) is 3.18. The van der Waals surface area contributed by atoms with Crippen LogP contribution in [0.5, 0.6) is 0 Å². The molecular weight excluding hydrogens is 339 g/mol. The fourth-order valence-corrected chi connectivity index (χ4v) is 1.99. The first-order valence-electron chi connectivity index (χ1n) is 7.70. The van der Waals surface area contributed by atoms with Crippen molar-refractivity contribution in [3.63, 3.8) is 0 Å². The molecule has 0 bridgehead atoms. The van der Waals surface area contributed by atoms with Crippen molar-refractivity contribution in [2.24, 2.45) is 0 Å². The van der Waals surface area contributed by atoms with Crippen molar-refractivity contribution in [3.8, 4) is 11.4 Å². The van der Waals surface area contributed by atoms with Crippen LogP contribution in [0.15, 0.2) is 24.3 Å². The average molecular weight is 357 g/mol. The van der Waals surface area contributed by atoms with Crippen molar-refractivity contribution >= 4 is 5.91 Å². The zero-order valence-electron chi connectivity index (χ0n) is 13.6. The lowest BCUT2D eigenvalue weighted by Gasteiger charge is -2.06. The first-order chi connectivity index (χ1) is 11.9. The molecule has 2 aromatic rings. The van der Waals surface area contributed by atoms with Crippen LogP contribution in [0.25, 0.3) is 11.4 Å². The third-order valence-electron chi connectivity index (χ3n) is 3.18. The van der Waals surface area contributed by atoms with Crippen LogP contribution in [0, 0.1) is 0 Å². The number of hydrogen-bond acceptors (Lipinski definition) is 5. The Morgan fingerprint density at radius 3 is 2.88 bits per heavy atom. The SMILES string of the molecule is CCOCCCNC(=O)Cn1nnc(-c2cccc(C(F)(F)F)c2)n1.